The number of hydrogen-bond donors (Lipinski definition) is 2. The van der Waals surface area contributed by atoms with Crippen molar-refractivity contribution in [1.29, 1.82) is 0 Å². The van der Waals surface area contributed by atoms with Crippen molar-refractivity contribution < 1.29 is 9.59 Å². The molecule has 2 amide bonds. The second kappa shape index (κ2) is 7.79. The van der Waals surface area contributed by atoms with Crippen LogP contribution in [0.1, 0.15) is 19.8 Å². The van der Waals surface area contributed by atoms with Crippen molar-refractivity contribution in [1.82, 2.24) is 4.98 Å². The van der Waals surface area contributed by atoms with Crippen LogP contribution in [0, 0.1) is 5.92 Å². The van der Waals surface area contributed by atoms with Crippen LogP contribution in [-0.4, -0.2) is 29.9 Å². The molecule has 1 saturated heterocycles. The number of amides is 2. The molecule has 2 aromatic rings. The van der Waals surface area contributed by atoms with Crippen LogP contribution in [0.25, 0.3) is 0 Å². The van der Waals surface area contributed by atoms with Crippen molar-refractivity contribution in [2.24, 2.45) is 5.92 Å². The fourth-order valence-corrected chi connectivity index (χ4v) is 3.04. The van der Waals surface area contributed by atoms with Crippen LogP contribution in [-0.2, 0) is 9.59 Å². The van der Waals surface area contributed by atoms with E-state index in [1.54, 1.807) is 36.7 Å². The number of carbonyl (C=O) groups excluding carboxylic acids is 2. The summed E-state index contributed by atoms with van der Waals surface area (Å²) in [7, 11) is 0. The van der Waals surface area contributed by atoms with Crippen LogP contribution in [0.4, 0.5) is 17.1 Å². The van der Waals surface area contributed by atoms with Gasteiger partial charge in [0.1, 0.15) is 0 Å². The molecule has 0 radical (unpaired) electrons. The Morgan fingerprint density at radius 3 is 2.08 bits per heavy atom. The molecule has 130 valence electrons. The van der Waals surface area contributed by atoms with Gasteiger partial charge in [0.05, 0.1) is 0 Å². The molecule has 6 nitrogen and oxygen atoms in total. The number of carbonyl (C=O) groups is 2. The minimum atomic E-state index is -0.113. The lowest BCUT2D eigenvalue weighted by Gasteiger charge is -2.32. The molecular formula is C19H22N4O2. The molecule has 1 aromatic carbocycles. The largest absolute Gasteiger partial charge is 0.371 e. The standard InChI is InChI=1S/C19H22N4O2/c1-14(24)21-16-2-4-17(5-3-16)22-19(25)15-8-12-23(13-9-15)18-6-10-20-11-7-18/h2-7,10-11,15H,8-9,12-13H2,1H3,(H,21,24)(H,22,25). The van der Waals surface area contributed by atoms with Gasteiger partial charge in [0.25, 0.3) is 0 Å². The molecule has 0 atom stereocenters. The maximum atomic E-state index is 12.5. The Hall–Kier alpha value is -2.89. The summed E-state index contributed by atoms with van der Waals surface area (Å²) in [4.78, 5) is 29.8. The highest BCUT2D eigenvalue weighted by atomic mass is 16.2. The molecule has 0 saturated carbocycles. The van der Waals surface area contributed by atoms with Gasteiger partial charge < -0.3 is 15.5 Å². The molecule has 0 bridgehead atoms. The quantitative estimate of drug-likeness (QED) is 0.899. The lowest BCUT2D eigenvalue weighted by molar-refractivity contribution is -0.120. The molecule has 3 rings (SSSR count). The van der Waals surface area contributed by atoms with Crippen LogP contribution in [0.15, 0.2) is 48.8 Å². The highest BCUT2D eigenvalue weighted by Gasteiger charge is 2.25. The van der Waals surface area contributed by atoms with Crippen molar-refractivity contribution in [2.75, 3.05) is 28.6 Å². The second-order valence-electron chi connectivity index (χ2n) is 6.21. The summed E-state index contributed by atoms with van der Waals surface area (Å²) < 4.78 is 0. The number of piperidine rings is 1. The molecule has 2 N–H and O–H groups in total. The number of anilines is 3. The van der Waals surface area contributed by atoms with E-state index in [1.165, 1.54) is 6.92 Å². The Balaban J connectivity index is 1.52. The van der Waals surface area contributed by atoms with Gasteiger partial charge in [-0.2, -0.15) is 0 Å². The summed E-state index contributed by atoms with van der Waals surface area (Å²) in [5.74, 6) is -0.0347. The van der Waals surface area contributed by atoms with E-state index in [2.05, 4.69) is 20.5 Å². The third-order valence-corrected chi connectivity index (χ3v) is 4.37. The molecule has 1 aliphatic heterocycles. The Morgan fingerprint density at radius 1 is 0.960 bits per heavy atom. The van der Waals surface area contributed by atoms with Crippen LogP contribution in [0.3, 0.4) is 0 Å². The van der Waals surface area contributed by atoms with Crippen LogP contribution in [0.5, 0.6) is 0 Å². The first-order valence-corrected chi connectivity index (χ1v) is 8.45. The summed E-state index contributed by atoms with van der Waals surface area (Å²) in [6, 6.07) is 11.2. The van der Waals surface area contributed by atoms with Gasteiger partial charge in [0.15, 0.2) is 0 Å². The van der Waals surface area contributed by atoms with E-state index in [1.807, 2.05) is 12.1 Å². The minimum absolute atomic E-state index is 0.0214. The first-order chi connectivity index (χ1) is 12.1. The Bertz CT molecular complexity index is 723. The molecule has 0 aliphatic carbocycles. The molecule has 6 heteroatoms. The summed E-state index contributed by atoms with van der Waals surface area (Å²) in [6.07, 6.45) is 5.24. The number of hydrogen-bond acceptors (Lipinski definition) is 4. The fourth-order valence-electron chi connectivity index (χ4n) is 3.04. The van der Waals surface area contributed by atoms with E-state index in [9.17, 15) is 9.59 Å². The van der Waals surface area contributed by atoms with Crippen molar-refractivity contribution in [2.45, 2.75) is 19.8 Å². The average Bonchev–Trinajstić information content (AvgIpc) is 2.64. The van der Waals surface area contributed by atoms with Crippen molar-refractivity contribution in [3.05, 3.63) is 48.8 Å². The normalized spacial score (nSPS) is 14.8. The molecular weight excluding hydrogens is 316 g/mol. The van der Waals surface area contributed by atoms with Gasteiger partial charge in [-0.15, -0.1) is 0 Å². The highest BCUT2D eigenvalue weighted by molar-refractivity contribution is 5.93. The van der Waals surface area contributed by atoms with Gasteiger partial charge >= 0.3 is 0 Å². The third-order valence-electron chi connectivity index (χ3n) is 4.37. The zero-order valence-corrected chi connectivity index (χ0v) is 14.2. The van der Waals surface area contributed by atoms with Crippen LogP contribution in [0.2, 0.25) is 0 Å². The van der Waals surface area contributed by atoms with Crippen molar-refractivity contribution >= 4 is 28.9 Å². The van der Waals surface area contributed by atoms with Crippen LogP contribution >= 0.6 is 0 Å². The predicted octanol–water partition coefficient (Wildman–Crippen LogP) is 2.90. The second-order valence-corrected chi connectivity index (χ2v) is 6.21. The Labute approximate surface area is 147 Å². The van der Waals surface area contributed by atoms with Gasteiger partial charge in [0.2, 0.25) is 11.8 Å². The van der Waals surface area contributed by atoms with E-state index < -0.39 is 0 Å². The third kappa shape index (κ3) is 4.56. The number of benzene rings is 1. The number of nitrogens with one attached hydrogen (secondary N) is 2. The van der Waals surface area contributed by atoms with Crippen LogP contribution < -0.4 is 15.5 Å². The van der Waals surface area contributed by atoms with Gasteiger partial charge in [-0.05, 0) is 49.2 Å². The monoisotopic (exact) mass is 338 g/mol. The summed E-state index contributed by atoms with van der Waals surface area (Å²) >= 11 is 0. The highest BCUT2D eigenvalue weighted by Crippen LogP contribution is 2.24. The molecule has 25 heavy (non-hydrogen) atoms. The molecule has 1 fully saturated rings. The SMILES string of the molecule is CC(=O)Nc1ccc(NC(=O)C2CCN(c3ccncc3)CC2)cc1. The number of rotatable bonds is 4. The summed E-state index contributed by atoms with van der Waals surface area (Å²) in [6.45, 7) is 3.20. The molecule has 2 heterocycles. The first-order valence-electron chi connectivity index (χ1n) is 8.45. The van der Waals surface area contributed by atoms with E-state index in [0.717, 1.165) is 43.0 Å². The smallest absolute Gasteiger partial charge is 0.227 e. The zero-order chi connectivity index (χ0) is 17.6. The summed E-state index contributed by atoms with van der Waals surface area (Å²) in [5.41, 5.74) is 2.62. The van der Waals surface area contributed by atoms with Gasteiger partial charge in [0, 0.05) is 55.4 Å². The maximum Gasteiger partial charge on any atom is 0.227 e. The van der Waals surface area contributed by atoms with E-state index in [0.29, 0.717) is 0 Å². The van der Waals surface area contributed by atoms with E-state index >= 15 is 0 Å². The zero-order valence-electron chi connectivity index (χ0n) is 14.2. The number of nitrogens with zero attached hydrogens (tertiary/aromatic N) is 2. The average molecular weight is 338 g/mol. The molecule has 1 aromatic heterocycles. The molecule has 0 spiro atoms. The Morgan fingerprint density at radius 2 is 1.52 bits per heavy atom. The molecule has 1 aliphatic rings. The topological polar surface area (TPSA) is 74.3 Å². The number of pyridine rings is 1. The number of aromatic nitrogens is 1. The Kier molecular flexibility index (Phi) is 5.28. The van der Waals surface area contributed by atoms with Crippen molar-refractivity contribution in [3.63, 3.8) is 0 Å². The predicted molar refractivity (Wildman–Crippen MR) is 98.5 cm³/mol. The van der Waals surface area contributed by atoms with E-state index in [-0.39, 0.29) is 17.7 Å². The minimum Gasteiger partial charge on any atom is -0.371 e. The van der Waals surface area contributed by atoms with E-state index in [4.69, 9.17) is 0 Å². The van der Waals surface area contributed by atoms with Gasteiger partial charge in [-0.25, -0.2) is 0 Å². The molecule has 0 unspecified atom stereocenters. The first kappa shape index (κ1) is 17.0. The fraction of sp³-hybridized carbons (Fsp3) is 0.316. The maximum absolute atomic E-state index is 12.5. The lowest BCUT2D eigenvalue weighted by Crippen LogP contribution is -2.38. The summed E-state index contributed by atoms with van der Waals surface area (Å²) in [5, 5.41) is 5.67. The van der Waals surface area contributed by atoms with Gasteiger partial charge in [-0.1, -0.05) is 0 Å². The van der Waals surface area contributed by atoms with Crippen molar-refractivity contribution in [3.8, 4) is 0 Å². The van der Waals surface area contributed by atoms with Gasteiger partial charge in [-0.3, -0.25) is 14.6 Å². The lowest BCUT2D eigenvalue weighted by atomic mass is 9.95.